The molecule has 3 aromatic carbocycles. The lowest BCUT2D eigenvalue weighted by Gasteiger charge is -2.33. The molecule has 0 saturated carbocycles. The zero-order valence-electron chi connectivity index (χ0n) is 27.2. The van der Waals surface area contributed by atoms with E-state index >= 15 is 0 Å². The van der Waals surface area contributed by atoms with Crippen LogP contribution < -0.4 is 34.2 Å². The van der Waals surface area contributed by atoms with Gasteiger partial charge in [-0.1, -0.05) is 18.2 Å². The predicted octanol–water partition coefficient (Wildman–Crippen LogP) is 5.86. The lowest BCUT2D eigenvalue weighted by atomic mass is 10.1. The first kappa shape index (κ1) is 31.9. The first-order valence-electron chi connectivity index (χ1n) is 15.6. The van der Waals surface area contributed by atoms with Gasteiger partial charge in [0.25, 0.3) is 0 Å². The Labute approximate surface area is 274 Å². The van der Waals surface area contributed by atoms with Crippen LogP contribution in [0.2, 0.25) is 0 Å². The van der Waals surface area contributed by atoms with Crippen LogP contribution in [-0.4, -0.2) is 82.9 Å². The van der Waals surface area contributed by atoms with Gasteiger partial charge in [-0.2, -0.15) is 4.98 Å². The minimum atomic E-state index is -0.653. The average molecular weight is 641 g/mol. The molecule has 0 atom stereocenters. The summed E-state index contributed by atoms with van der Waals surface area (Å²) in [6, 6.07) is 19.0. The highest BCUT2D eigenvalue weighted by Gasteiger charge is 2.27. The van der Waals surface area contributed by atoms with Gasteiger partial charge in [0.2, 0.25) is 5.95 Å². The fourth-order valence-corrected chi connectivity index (χ4v) is 5.72. The van der Waals surface area contributed by atoms with Crippen molar-refractivity contribution in [2.45, 2.75) is 13.8 Å². The largest absolute Gasteiger partial charge is 0.497 e. The lowest BCUT2D eigenvalue weighted by Crippen LogP contribution is -2.38. The molecule has 0 radical (unpaired) electrons. The number of rotatable bonds is 9. The number of anilines is 6. The molecule has 0 bridgehead atoms. The molecule has 2 aliphatic rings. The Morgan fingerprint density at radius 1 is 0.830 bits per heavy atom. The Balaban J connectivity index is 1.37. The number of aromatic nitrogens is 2. The van der Waals surface area contributed by atoms with Crippen LogP contribution in [0.15, 0.2) is 66.9 Å². The maximum absolute atomic E-state index is 14.1. The topological polar surface area (TPSA) is 111 Å². The predicted molar refractivity (Wildman–Crippen MR) is 181 cm³/mol. The molecule has 6 rings (SSSR count). The Bertz CT molecular complexity index is 1650. The first-order valence-corrected chi connectivity index (χ1v) is 15.6. The third-order valence-electron chi connectivity index (χ3n) is 8.19. The Hall–Kier alpha value is -5.07. The Kier molecular flexibility index (Phi) is 9.89. The minimum absolute atomic E-state index is 0.292. The van der Waals surface area contributed by atoms with Crippen LogP contribution in [0.1, 0.15) is 11.1 Å². The standard InChI is InChI=1S/C35H40N6O6/c1-24-6-5-7-25(2)33(24)47-35(42)41(30-9-8-29(43-3)23-31(30)44-4)32-10-11-36-34(38-32)37-26-20-27(39-12-16-45-17-13-39)22-28(21-26)40-14-18-46-19-15-40/h5-11,20-23H,12-19H2,1-4H3,(H,36,37,38). The van der Waals surface area contributed by atoms with Gasteiger partial charge in [0.15, 0.2) is 0 Å². The molecule has 2 aliphatic heterocycles. The van der Waals surface area contributed by atoms with Crippen molar-refractivity contribution < 1.29 is 28.5 Å². The highest BCUT2D eigenvalue weighted by molar-refractivity contribution is 5.98. The lowest BCUT2D eigenvalue weighted by molar-refractivity contribution is 0.122. The molecule has 2 fully saturated rings. The summed E-state index contributed by atoms with van der Waals surface area (Å²) < 4.78 is 28.3. The molecule has 3 heterocycles. The van der Waals surface area contributed by atoms with Crippen molar-refractivity contribution in [3.63, 3.8) is 0 Å². The molecule has 12 heteroatoms. The maximum Gasteiger partial charge on any atom is 0.425 e. The van der Waals surface area contributed by atoms with Gasteiger partial charge in [0.05, 0.1) is 46.3 Å². The third-order valence-corrected chi connectivity index (χ3v) is 8.19. The summed E-state index contributed by atoms with van der Waals surface area (Å²) >= 11 is 0. The first-order chi connectivity index (χ1) is 22.9. The van der Waals surface area contributed by atoms with E-state index in [1.54, 1.807) is 37.6 Å². The fraction of sp³-hybridized carbons (Fsp3) is 0.343. The van der Waals surface area contributed by atoms with E-state index in [0.29, 0.717) is 61.1 Å². The molecular weight excluding hydrogens is 600 g/mol. The molecule has 1 amide bonds. The van der Waals surface area contributed by atoms with E-state index in [9.17, 15) is 4.79 Å². The van der Waals surface area contributed by atoms with Crippen molar-refractivity contribution >= 4 is 40.6 Å². The summed E-state index contributed by atoms with van der Waals surface area (Å²) in [5.41, 5.74) is 5.08. The zero-order valence-corrected chi connectivity index (χ0v) is 27.2. The van der Waals surface area contributed by atoms with Crippen LogP contribution in [0.25, 0.3) is 0 Å². The maximum atomic E-state index is 14.1. The number of carbonyl (C=O) groups excluding carboxylic acids is 1. The van der Waals surface area contributed by atoms with Crippen molar-refractivity contribution in [3.05, 3.63) is 78.0 Å². The average Bonchev–Trinajstić information content (AvgIpc) is 3.11. The number of aryl methyl sites for hydroxylation is 2. The van der Waals surface area contributed by atoms with E-state index in [2.05, 4.69) is 38.3 Å². The number of para-hydroxylation sites is 1. The molecule has 47 heavy (non-hydrogen) atoms. The number of hydrogen-bond donors (Lipinski definition) is 1. The summed E-state index contributed by atoms with van der Waals surface area (Å²) in [5, 5.41) is 3.40. The van der Waals surface area contributed by atoms with Crippen molar-refractivity contribution in [2.24, 2.45) is 0 Å². The van der Waals surface area contributed by atoms with Crippen LogP contribution in [0.5, 0.6) is 17.2 Å². The number of ether oxygens (including phenoxy) is 5. The van der Waals surface area contributed by atoms with Crippen LogP contribution >= 0.6 is 0 Å². The minimum Gasteiger partial charge on any atom is -0.497 e. The van der Waals surface area contributed by atoms with Crippen molar-refractivity contribution in [1.82, 2.24) is 9.97 Å². The second kappa shape index (κ2) is 14.6. The van der Waals surface area contributed by atoms with Crippen LogP contribution in [0, 0.1) is 13.8 Å². The zero-order chi connectivity index (χ0) is 32.8. The van der Waals surface area contributed by atoms with Crippen LogP contribution in [0.3, 0.4) is 0 Å². The molecule has 0 unspecified atom stereocenters. The van der Waals surface area contributed by atoms with Crippen molar-refractivity contribution in [3.8, 4) is 17.2 Å². The molecule has 0 aliphatic carbocycles. The quantitative estimate of drug-likeness (QED) is 0.237. The van der Waals surface area contributed by atoms with E-state index in [4.69, 9.17) is 28.7 Å². The number of amides is 1. The molecule has 12 nitrogen and oxygen atoms in total. The van der Waals surface area contributed by atoms with Crippen LogP contribution in [-0.2, 0) is 9.47 Å². The summed E-state index contributed by atoms with van der Waals surface area (Å²) in [6.45, 7) is 9.73. The number of carbonyl (C=O) groups is 1. The molecule has 1 aromatic heterocycles. The highest BCUT2D eigenvalue weighted by Crippen LogP contribution is 2.38. The monoisotopic (exact) mass is 640 g/mol. The van der Waals surface area contributed by atoms with E-state index in [1.807, 2.05) is 32.0 Å². The number of nitrogens with zero attached hydrogens (tertiary/aromatic N) is 5. The summed E-state index contributed by atoms with van der Waals surface area (Å²) in [7, 11) is 3.11. The second-order valence-corrected chi connectivity index (χ2v) is 11.3. The van der Waals surface area contributed by atoms with Gasteiger partial charge in [-0.25, -0.2) is 14.7 Å². The summed E-state index contributed by atoms with van der Waals surface area (Å²) in [4.78, 5) is 29.4. The van der Waals surface area contributed by atoms with Gasteiger partial charge in [-0.3, -0.25) is 0 Å². The third kappa shape index (κ3) is 7.34. The number of hydrogen-bond acceptors (Lipinski definition) is 11. The van der Waals surface area contributed by atoms with Crippen molar-refractivity contribution in [2.75, 3.05) is 86.8 Å². The van der Waals surface area contributed by atoms with E-state index in [-0.39, 0.29) is 0 Å². The molecule has 246 valence electrons. The van der Waals surface area contributed by atoms with E-state index in [0.717, 1.165) is 54.4 Å². The Morgan fingerprint density at radius 2 is 1.47 bits per heavy atom. The fourth-order valence-electron chi connectivity index (χ4n) is 5.72. The van der Waals surface area contributed by atoms with Crippen molar-refractivity contribution in [1.29, 1.82) is 0 Å². The van der Waals surface area contributed by atoms with E-state index in [1.165, 1.54) is 12.0 Å². The number of methoxy groups -OCH3 is 2. The van der Waals surface area contributed by atoms with Gasteiger partial charge in [-0.15, -0.1) is 0 Å². The van der Waals surface area contributed by atoms with Crippen LogP contribution in [0.4, 0.5) is 39.3 Å². The molecule has 4 aromatic rings. The van der Waals surface area contributed by atoms with E-state index < -0.39 is 6.09 Å². The van der Waals surface area contributed by atoms with Gasteiger partial charge >= 0.3 is 6.09 Å². The van der Waals surface area contributed by atoms with Gasteiger partial charge in [-0.05, 0) is 55.3 Å². The highest BCUT2D eigenvalue weighted by atomic mass is 16.6. The normalized spacial score (nSPS) is 14.8. The SMILES string of the molecule is COc1ccc(N(C(=O)Oc2c(C)cccc2C)c2ccnc(Nc3cc(N4CCOCC4)cc(N4CCOCC4)c3)n2)c(OC)c1. The molecule has 2 saturated heterocycles. The summed E-state index contributed by atoms with van der Waals surface area (Å²) in [6.07, 6.45) is 0.953. The number of nitrogens with one attached hydrogen (secondary N) is 1. The Morgan fingerprint density at radius 3 is 2.06 bits per heavy atom. The van der Waals surface area contributed by atoms with Gasteiger partial charge < -0.3 is 38.8 Å². The van der Waals surface area contributed by atoms with Gasteiger partial charge in [0.1, 0.15) is 23.1 Å². The molecule has 1 N–H and O–H groups in total. The smallest absolute Gasteiger partial charge is 0.425 e. The molecule has 0 spiro atoms. The number of morpholine rings is 2. The molecular formula is C35H40N6O6. The second-order valence-electron chi connectivity index (χ2n) is 11.3. The van der Waals surface area contributed by atoms with Gasteiger partial charge in [0, 0.05) is 61.6 Å². The number of benzene rings is 3. The summed E-state index contributed by atoms with van der Waals surface area (Å²) in [5.74, 6) is 2.07.